The Morgan fingerprint density at radius 1 is 1.03 bits per heavy atom. The molecule has 37 heavy (non-hydrogen) atoms. The van der Waals surface area contributed by atoms with Gasteiger partial charge in [0.25, 0.3) is 10.0 Å². The molecule has 0 saturated heterocycles. The normalized spacial score (nSPS) is 21.3. The molecule has 3 atom stereocenters. The van der Waals surface area contributed by atoms with Crippen LogP contribution in [0.2, 0.25) is 0 Å². The summed E-state index contributed by atoms with van der Waals surface area (Å²) in [7, 11) is -7.36. The van der Waals surface area contributed by atoms with Gasteiger partial charge in [-0.25, -0.2) is 30.5 Å². The minimum atomic E-state index is -3.86. The highest BCUT2D eigenvalue weighted by Crippen LogP contribution is 2.42. The van der Waals surface area contributed by atoms with Gasteiger partial charge in [-0.15, -0.1) is 10.2 Å². The Bertz CT molecular complexity index is 1680. The number of nitrogens with one attached hydrogen (secondary N) is 1. The van der Waals surface area contributed by atoms with E-state index in [2.05, 4.69) is 26.8 Å². The summed E-state index contributed by atoms with van der Waals surface area (Å²) in [6.07, 6.45) is 5.16. The van der Waals surface area contributed by atoms with E-state index in [4.69, 9.17) is 0 Å². The summed E-state index contributed by atoms with van der Waals surface area (Å²) >= 11 is 0. The monoisotopic (exact) mass is 544 g/mol. The standard InChI is InChI=1S/C25H32N6O4S2/c1-6-17-13-18(29-37(34,35)25(3,4)5)14-20(17)23-28-27-22-15-26-24-21(31(22)23)11-12-30(24)36(32,33)19-9-7-16(2)8-10-19/h7-12,15,17-18,20,29H,6,13-14H2,1-5H3/t17-,18+,20+/m1/s1. The molecular weight excluding hydrogens is 512 g/mol. The van der Waals surface area contributed by atoms with E-state index in [1.807, 2.05) is 11.3 Å². The average molecular weight is 545 g/mol. The number of fused-ring (bicyclic) bond motifs is 3. The van der Waals surface area contributed by atoms with Gasteiger partial charge in [0.2, 0.25) is 10.0 Å². The Labute approximate surface area is 217 Å². The van der Waals surface area contributed by atoms with Gasteiger partial charge in [0.1, 0.15) is 5.82 Å². The van der Waals surface area contributed by atoms with E-state index < -0.39 is 24.8 Å². The number of rotatable bonds is 6. The molecule has 1 aliphatic carbocycles. The number of hydrogen-bond donors (Lipinski definition) is 1. The van der Waals surface area contributed by atoms with Crippen molar-refractivity contribution in [3.05, 3.63) is 54.1 Å². The van der Waals surface area contributed by atoms with Crippen LogP contribution in [-0.4, -0.2) is 51.2 Å². The van der Waals surface area contributed by atoms with Crippen LogP contribution in [0.1, 0.15) is 64.3 Å². The molecule has 198 valence electrons. The number of aromatic nitrogens is 5. The van der Waals surface area contributed by atoms with Gasteiger partial charge in [-0.3, -0.25) is 4.40 Å². The van der Waals surface area contributed by atoms with Gasteiger partial charge in [0, 0.05) is 18.2 Å². The summed E-state index contributed by atoms with van der Waals surface area (Å²) in [5.74, 6) is 0.842. The van der Waals surface area contributed by atoms with E-state index >= 15 is 0 Å². The third-order valence-electron chi connectivity index (χ3n) is 7.32. The fourth-order valence-corrected chi connectivity index (χ4v) is 7.38. The molecule has 0 bridgehead atoms. The fraction of sp³-hybridized carbons (Fsp3) is 0.480. The van der Waals surface area contributed by atoms with Crippen LogP contribution in [0.3, 0.4) is 0 Å². The van der Waals surface area contributed by atoms with E-state index in [0.717, 1.165) is 12.0 Å². The van der Waals surface area contributed by atoms with Crippen molar-refractivity contribution in [2.24, 2.45) is 5.92 Å². The molecule has 0 unspecified atom stereocenters. The SMILES string of the molecule is CC[C@@H]1C[C@H](NS(=O)(=O)C(C)(C)C)C[C@@H]1c1nnc2cnc3c(ccn3S(=O)(=O)c3ccc(C)cc3)n12. The van der Waals surface area contributed by atoms with Crippen molar-refractivity contribution < 1.29 is 16.8 Å². The molecule has 0 aliphatic heterocycles. The van der Waals surface area contributed by atoms with Crippen molar-refractivity contribution in [1.29, 1.82) is 0 Å². The van der Waals surface area contributed by atoms with Gasteiger partial charge in [0.05, 0.1) is 21.4 Å². The van der Waals surface area contributed by atoms with Gasteiger partial charge >= 0.3 is 0 Å². The topological polar surface area (TPSA) is 128 Å². The molecule has 0 amide bonds. The lowest BCUT2D eigenvalue weighted by Gasteiger charge is -2.23. The van der Waals surface area contributed by atoms with Crippen molar-refractivity contribution >= 4 is 36.9 Å². The maximum atomic E-state index is 13.4. The average Bonchev–Trinajstić information content (AvgIpc) is 3.53. The zero-order valence-electron chi connectivity index (χ0n) is 21.6. The number of aryl methyl sites for hydroxylation is 1. The molecule has 10 nitrogen and oxygen atoms in total. The highest BCUT2D eigenvalue weighted by Gasteiger charge is 2.41. The van der Waals surface area contributed by atoms with Crippen molar-refractivity contribution in [2.45, 2.75) is 75.5 Å². The Morgan fingerprint density at radius 3 is 2.38 bits per heavy atom. The van der Waals surface area contributed by atoms with Crippen molar-refractivity contribution in [1.82, 2.24) is 28.3 Å². The first-order chi connectivity index (χ1) is 17.3. The quantitative estimate of drug-likeness (QED) is 0.393. The first-order valence-electron chi connectivity index (χ1n) is 12.4. The summed E-state index contributed by atoms with van der Waals surface area (Å²) in [6.45, 7) is 9.04. The Kier molecular flexibility index (Phi) is 6.19. The van der Waals surface area contributed by atoms with Crippen LogP contribution in [0.4, 0.5) is 0 Å². The molecule has 5 rings (SSSR count). The van der Waals surface area contributed by atoms with Crippen LogP contribution in [0.25, 0.3) is 16.8 Å². The number of benzene rings is 1. The highest BCUT2D eigenvalue weighted by atomic mass is 32.2. The molecule has 12 heteroatoms. The summed E-state index contributed by atoms with van der Waals surface area (Å²) < 4.78 is 57.5. The molecule has 1 fully saturated rings. The Hall–Kier alpha value is -2.83. The fourth-order valence-electron chi connectivity index (χ4n) is 5.09. The minimum absolute atomic E-state index is 0.0460. The number of sulfonamides is 1. The maximum absolute atomic E-state index is 13.4. The van der Waals surface area contributed by atoms with Crippen molar-refractivity contribution in [3.63, 3.8) is 0 Å². The molecule has 0 spiro atoms. The minimum Gasteiger partial charge on any atom is -0.274 e. The van der Waals surface area contributed by atoms with E-state index in [1.165, 1.54) is 16.4 Å². The second-order valence-corrected chi connectivity index (χ2v) is 15.1. The van der Waals surface area contributed by atoms with Crippen LogP contribution in [-0.2, 0) is 20.0 Å². The van der Waals surface area contributed by atoms with E-state index in [1.54, 1.807) is 51.1 Å². The smallest absolute Gasteiger partial charge is 0.269 e. The van der Waals surface area contributed by atoms with E-state index in [-0.39, 0.29) is 28.4 Å². The first kappa shape index (κ1) is 25.8. The third-order valence-corrected chi connectivity index (χ3v) is 11.3. The second-order valence-electron chi connectivity index (χ2n) is 10.8. The molecule has 3 aromatic heterocycles. The molecule has 1 saturated carbocycles. The molecular formula is C25H32N6O4S2. The van der Waals surface area contributed by atoms with E-state index in [0.29, 0.717) is 29.8 Å². The van der Waals surface area contributed by atoms with Crippen LogP contribution >= 0.6 is 0 Å². The third kappa shape index (κ3) is 4.34. The zero-order valence-corrected chi connectivity index (χ0v) is 23.2. The van der Waals surface area contributed by atoms with Gasteiger partial charge in [-0.2, -0.15) is 0 Å². The summed E-state index contributed by atoms with van der Waals surface area (Å²) in [5, 5.41) is 8.80. The molecule has 3 heterocycles. The lowest BCUT2D eigenvalue weighted by Crippen LogP contribution is -2.43. The zero-order chi connectivity index (χ0) is 26.8. The number of hydrogen-bond acceptors (Lipinski definition) is 7. The van der Waals surface area contributed by atoms with Crippen LogP contribution in [0, 0.1) is 12.8 Å². The Morgan fingerprint density at radius 2 is 1.73 bits per heavy atom. The lowest BCUT2D eigenvalue weighted by atomic mass is 9.93. The molecule has 1 aliphatic rings. The van der Waals surface area contributed by atoms with Crippen molar-refractivity contribution in [2.75, 3.05) is 0 Å². The first-order valence-corrected chi connectivity index (χ1v) is 15.3. The van der Waals surface area contributed by atoms with Gasteiger partial charge in [-0.05, 0) is 64.7 Å². The largest absolute Gasteiger partial charge is 0.274 e. The number of nitrogens with zero attached hydrogens (tertiary/aromatic N) is 5. The molecule has 1 N–H and O–H groups in total. The van der Waals surface area contributed by atoms with Crippen LogP contribution in [0.15, 0.2) is 47.6 Å². The van der Waals surface area contributed by atoms with Crippen molar-refractivity contribution in [3.8, 4) is 0 Å². The maximum Gasteiger partial charge on any atom is 0.269 e. The summed E-state index contributed by atoms with van der Waals surface area (Å²) in [5.41, 5.74) is 2.35. The van der Waals surface area contributed by atoms with Gasteiger partial charge < -0.3 is 0 Å². The predicted molar refractivity (Wildman–Crippen MR) is 141 cm³/mol. The highest BCUT2D eigenvalue weighted by molar-refractivity contribution is 7.90. The van der Waals surface area contributed by atoms with Crippen LogP contribution in [0.5, 0.6) is 0 Å². The van der Waals surface area contributed by atoms with Crippen LogP contribution < -0.4 is 4.72 Å². The molecule has 4 aromatic rings. The van der Waals surface area contributed by atoms with E-state index in [9.17, 15) is 16.8 Å². The molecule has 1 aromatic carbocycles. The second kappa shape index (κ2) is 8.88. The summed E-state index contributed by atoms with van der Waals surface area (Å²) in [4.78, 5) is 4.60. The van der Waals surface area contributed by atoms with Gasteiger partial charge in [0.15, 0.2) is 11.3 Å². The lowest BCUT2D eigenvalue weighted by molar-refractivity contribution is 0.448. The van der Waals surface area contributed by atoms with Gasteiger partial charge in [-0.1, -0.05) is 31.0 Å². The summed E-state index contributed by atoms with van der Waals surface area (Å²) in [6, 6.07) is 8.19. The Balaban J connectivity index is 1.56. The predicted octanol–water partition coefficient (Wildman–Crippen LogP) is 3.61. The molecule has 0 radical (unpaired) electrons.